The first kappa shape index (κ1) is 13.2. The van der Waals surface area contributed by atoms with Crippen molar-refractivity contribution in [1.82, 2.24) is 0 Å². The second-order valence-corrected chi connectivity index (χ2v) is 4.82. The standard InChI is InChI=1S/C11H15ClFNO2/c1-11(2,5-15)10(14)8-7(13)4-3-6(12)9(8)16/h3-4,10,15-16H,5,14H2,1-2H3/t10-/m0/s1. The largest absolute Gasteiger partial charge is 0.506 e. The normalized spacial score (nSPS) is 13.9. The summed E-state index contributed by atoms with van der Waals surface area (Å²) in [6.07, 6.45) is 0. The average Bonchev–Trinajstić information content (AvgIpc) is 2.24. The van der Waals surface area contributed by atoms with E-state index in [4.69, 9.17) is 22.4 Å². The summed E-state index contributed by atoms with van der Waals surface area (Å²) in [6, 6.07) is 1.57. The van der Waals surface area contributed by atoms with Crippen LogP contribution in [-0.4, -0.2) is 16.8 Å². The van der Waals surface area contributed by atoms with Crippen molar-refractivity contribution in [1.29, 1.82) is 0 Å². The molecule has 4 N–H and O–H groups in total. The molecular weight excluding hydrogens is 233 g/mol. The molecule has 90 valence electrons. The number of aliphatic hydroxyl groups is 1. The number of hydrogen-bond donors (Lipinski definition) is 3. The van der Waals surface area contributed by atoms with Gasteiger partial charge in [0.2, 0.25) is 0 Å². The third-order valence-electron chi connectivity index (χ3n) is 2.68. The fraction of sp³-hybridized carbons (Fsp3) is 0.455. The highest BCUT2D eigenvalue weighted by atomic mass is 35.5. The summed E-state index contributed by atoms with van der Waals surface area (Å²) < 4.78 is 13.6. The summed E-state index contributed by atoms with van der Waals surface area (Å²) >= 11 is 5.69. The van der Waals surface area contributed by atoms with E-state index in [2.05, 4.69) is 0 Å². The Morgan fingerprint density at radius 1 is 1.50 bits per heavy atom. The maximum atomic E-state index is 13.6. The van der Waals surface area contributed by atoms with E-state index in [0.717, 1.165) is 6.07 Å². The molecule has 1 aromatic carbocycles. The molecule has 0 spiro atoms. The lowest BCUT2D eigenvalue weighted by atomic mass is 9.81. The molecule has 1 aromatic rings. The molecule has 0 unspecified atom stereocenters. The molecule has 1 atom stereocenters. The van der Waals surface area contributed by atoms with Crippen LogP contribution in [-0.2, 0) is 0 Å². The molecule has 3 nitrogen and oxygen atoms in total. The van der Waals surface area contributed by atoms with Gasteiger partial charge in [-0.25, -0.2) is 4.39 Å². The Bertz CT molecular complexity index is 396. The summed E-state index contributed by atoms with van der Waals surface area (Å²) in [5.41, 5.74) is 5.02. The second kappa shape index (κ2) is 4.57. The van der Waals surface area contributed by atoms with Gasteiger partial charge in [-0.2, -0.15) is 0 Å². The third-order valence-corrected chi connectivity index (χ3v) is 2.98. The van der Waals surface area contributed by atoms with Crippen LogP contribution in [0, 0.1) is 11.2 Å². The lowest BCUT2D eigenvalue weighted by Crippen LogP contribution is -2.33. The Kier molecular flexibility index (Phi) is 3.78. The van der Waals surface area contributed by atoms with Crippen LogP contribution in [0.5, 0.6) is 5.75 Å². The summed E-state index contributed by atoms with van der Waals surface area (Å²) in [5, 5.41) is 18.9. The Balaban J connectivity index is 3.28. The Hall–Kier alpha value is -0.840. The van der Waals surface area contributed by atoms with Crippen molar-refractivity contribution in [2.45, 2.75) is 19.9 Å². The lowest BCUT2D eigenvalue weighted by Gasteiger charge is -2.30. The van der Waals surface area contributed by atoms with E-state index in [-0.39, 0.29) is 22.9 Å². The molecular formula is C11H15ClFNO2. The van der Waals surface area contributed by atoms with Crippen molar-refractivity contribution >= 4 is 11.6 Å². The zero-order valence-corrected chi connectivity index (χ0v) is 9.92. The number of phenolic OH excluding ortho intramolecular Hbond substituents is 1. The van der Waals surface area contributed by atoms with Crippen LogP contribution >= 0.6 is 11.6 Å². The Labute approximate surface area is 98.7 Å². The summed E-state index contributed by atoms with van der Waals surface area (Å²) in [6.45, 7) is 3.13. The average molecular weight is 248 g/mol. The number of halogens is 2. The van der Waals surface area contributed by atoms with Crippen LogP contribution in [0.1, 0.15) is 25.5 Å². The van der Waals surface area contributed by atoms with Gasteiger partial charge in [0.15, 0.2) is 0 Å². The van der Waals surface area contributed by atoms with E-state index >= 15 is 0 Å². The lowest BCUT2D eigenvalue weighted by molar-refractivity contribution is 0.129. The van der Waals surface area contributed by atoms with E-state index in [9.17, 15) is 9.50 Å². The molecule has 0 saturated heterocycles. The van der Waals surface area contributed by atoms with E-state index in [0.29, 0.717) is 0 Å². The minimum Gasteiger partial charge on any atom is -0.506 e. The molecule has 0 aliphatic carbocycles. The number of phenols is 1. The summed E-state index contributed by atoms with van der Waals surface area (Å²) in [5.74, 6) is -0.994. The number of aliphatic hydroxyl groups excluding tert-OH is 1. The van der Waals surface area contributed by atoms with Crippen molar-refractivity contribution in [2.75, 3.05) is 6.61 Å². The molecule has 0 radical (unpaired) electrons. The zero-order valence-electron chi connectivity index (χ0n) is 9.17. The maximum Gasteiger partial charge on any atom is 0.141 e. The molecule has 0 bridgehead atoms. The van der Waals surface area contributed by atoms with Crippen molar-refractivity contribution in [2.24, 2.45) is 11.1 Å². The monoisotopic (exact) mass is 247 g/mol. The van der Waals surface area contributed by atoms with Crippen molar-refractivity contribution in [3.8, 4) is 5.75 Å². The number of rotatable bonds is 3. The van der Waals surface area contributed by atoms with Gasteiger partial charge in [-0.1, -0.05) is 25.4 Å². The Morgan fingerprint density at radius 2 is 2.06 bits per heavy atom. The molecule has 0 aromatic heterocycles. The first-order chi connectivity index (χ1) is 7.31. The highest BCUT2D eigenvalue weighted by molar-refractivity contribution is 6.32. The van der Waals surface area contributed by atoms with Crippen molar-refractivity contribution in [3.05, 3.63) is 28.5 Å². The van der Waals surface area contributed by atoms with Gasteiger partial charge in [0.05, 0.1) is 5.02 Å². The van der Waals surface area contributed by atoms with Crippen LogP contribution in [0.2, 0.25) is 5.02 Å². The number of aromatic hydroxyl groups is 1. The molecule has 0 amide bonds. The van der Waals surface area contributed by atoms with Gasteiger partial charge in [0.25, 0.3) is 0 Å². The first-order valence-electron chi connectivity index (χ1n) is 4.84. The van der Waals surface area contributed by atoms with Crippen LogP contribution in [0.25, 0.3) is 0 Å². The fourth-order valence-electron chi connectivity index (χ4n) is 1.34. The number of benzene rings is 1. The van der Waals surface area contributed by atoms with Crippen LogP contribution in [0.15, 0.2) is 12.1 Å². The van der Waals surface area contributed by atoms with Crippen molar-refractivity contribution in [3.63, 3.8) is 0 Å². The van der Waals surface area contributed by atoms with Crippen LogP contribution < -0.4 is 5.73 Å². The number of hydrogen-bond acceptors (Lipinski definition) is 3. The second-order valence-electron chi connectivity index (χ2n) is 4.42. The van der Waals surface area contributed by atoms with Crippen LogP contribution in [0.3, 0.4) is 0 Å². The number of nitrogens with two attached hydrogens (primary N) is 1. The topological polar surface area (TPSA) is 66.5 Å². The molecule has 16 heavy (non-hydrogen) atoms. The van der Waals surface area contributed by atoms with Gasteiger partial charge in [-0.15, -0.1) is 0 Å². The van der Waals surface area contributed by atoms with Gasteiger partial charge in [-0.3, -0.25) is 0 Å². The van der Waals surface area contributed by atoms with Crippen LogP contribution in [0.4, 0.5) is 4.39 Å². The molecule has 0 aliphatic rings. The van der Waals surface area contributed by atoms with Gasteiger partial charge in [0, 0.05) is 23.6 Å². The minimum atomic E-state index is -0.837. The maximum absolute atomic E-state index is 13.6. The van der Waals surface area contributed by atoms with E-state index in [1.165, 1.54) is 6.07 Å². The molecule has 5 heteroatoms. The smallest absolute Gasteiger partial charge is 0.141 e. The van der Waals surface area contributed by atoms with Gasteiger partial charge in [0.1, 0.15) is 11.6 Å². The van der Waals surface area contributed by atoms with E-state index in [1.807, 2.05) is 0 Å². The predicted molar refractivity (Wildman–Crippen MR) is 60.9 cm³/mol. The SMILES string of the molecule is CC(C)(CO)[C@@H](N)c1c(F)ccc(Cl)c1O. The van der Waals surface area contributed by atoms with E-state index < -0.39 is 17.3 Å². The quantitative estimate of drug-likeness (QED) is 0.767. The molecule has 0 aliphatic heterocycles. The highest BCUT2D eigenvalue weighted by Gasteiger charge is 2.31. The summed E-state index contributed by atoms with van der Waals surface area (Å²) in [7, 11) is 0. The van der Waals surface area contributed by atoms with Gasteiger partial charge in [-0.05, 0) is 12.1 Å². The minimum absolute atomic E-state index is 0.0422. The van der Waals surface area contributed by atoms with Gasteiger partial charge < -0.3 is 15.9 Å². The van der Waals surface area contributed by atoms with Gasteiger partial charge >= 0.3 is 0 Å². The first-order valence-corrected chi connectivity index (χ1v) is 5.22. The molecule has 0 saturated carbocycles. The molecule has 0 heterocycles. The fourth-order valence-corrected chi connectivity index (χ4v) is 1.51. The highest BCUT2D eigenvalue weighted by Crippen LogP contribution is 2.39. The zero-order chi connectivity index (χ0) is 12.5. The van der Waals surface area contributed by atoms with Crippen molar-refractivity contribution < 1.29 is 14.6 Å². The third kappa shape index (κ3) is 2.29. The molecule has 1 rings (SSSR count). The Morgan fingerprint density at radius 3 is 2.56 bits per heavy atom. The predicted octanol–water partition coefficient (Wildman–Crippen LogP) is 2.20. The summed E-state index contributed by atoms with van der Waals surface area (Å²) in [4.78, 5) is 0. The van der Waals surface area contributed by atoms with E-state index in [1.54, 1.807) is 13.8 Å². The molecule has 0 fully saturated rings.